The summed E-state index contributed by atoms with van der Waals surface area (Å²) in [6, 6.07) is 4.39. The molecule has 0 amide bonds. The smallest absolute Gasteiger partial charge is 0.0400 e. The molecule has 98 valence electrons. The summed E-state index contributed by atoms with van der Waals surface area (Å²) in [6.45, 7) is 6.81. The van der Waals surface area contributed by atoms with Gasteiger partial charge in [-0.15, -0.1) is 0 Å². The number of hydrogen-bond donors (Lipinski definition) is 1. The van der Waals surface area contributed by atoms with Crippen molar-refractivity contribution in [1.82, 2.24) is 0 Å². The Hall–Kier alpha value is -1.18. The molecule has 2 N–H and O–H groups in total. The number of benzene rings is 1. The molecule has 2 heteroatoms. The molecular formula is C16H24N2. The van der Waals surface area contributed by atoms with Crippen LogP contribution in [-0.4, -0.2) is 13.1 Å². The first-order valence-corrected chi connectivity index (χ1v) is 7.21. The lowest BCUT2D eigenvalue weighted by atomic mass is 9.68. The zero-order valence-electron chi connectivity index (χ0n) is 11.6. The maximum absolute atomic E-state index is 5.97. The van der Waals surface area contributed by atoms with Gasteiger partial charge in [-0.05, 0) is 49.9 Å². The Balaban J connectivity index is 1.76. The van der Waals surface area contributed by atoms with Crippen LogP contribution in [0.1, 0.15) is 43.2 Å². The Bertz CT molecular complexity index is 450. The number of anilines is 2. The van der Waals surface area contributed by atoms with Crippen LogP contribution in [0.5, 0.6) is 0 Å². The van der Waals surface area contributed by atoms with E-state index in [1.54, 1.807) is 0 Å². The van der Waals surface area contributed by atoms with Gasteiger partial charge in [0.05, 0.1) is 0 Å². The molecule has 3 rings (SSSR count). The molecule has 0 bridgehead atoms. The molecule has 2 aliphatic rings. The van der Waals surface area contributed by atoms with Crippen LogP contribution in [0.3, 0.4) is 0 Å². The maximum atomic E-state index is 5.97. The van der Waals surface area contributed by atoms with E-state index in [0.29, 0.717) is 5.41 Å². The predicted octanol–water partition coefficient (Wildman–Crippen LogP) is 3.66. The first kappa shape index (κ1) is 11.9. The van der Waals surface area contributed by atoms with E-state index in [0.717, 1.165) is 5.69 Å². The van der Waals surface area contributed by atoms with Gasteiger partial charge in [0.15, 0.2) is 0 Å². The molecule has 0 radical (unpaired) electrons. The fourth-order valence-corrected chi connectivity index (χ4v) is 3.72. The van der Waals surface area contributed by atoms with Gasteiger partial charge in [0.2, 0.25) is 0 Å². The van der Waals surface area contributed by atoms with Crippen molar-refractivity contribution in [2.75, 3.05) is 23.7 Å². The molecule has 1 saturated heterocycles. The van der Waals surface area contributed by atoms with E-state index in [1.807, 2.05) is 0 Å². The zero-order valence-corrected chi connectivity index (χ0v) is 11.6. The highest BCUT2D eigenvalue weighted by molar-refractivity contribution is 5.64. The van der Waals surface area contributed by atoms with Crippen LogP contribution in [0.25, 0.3) is 0 Å². The standard InChI is InChI=1S/C16H24N2/c1-12-9-15(13(2)8-14(12)17)18-10-16(11-18)6-4-3-5-7-16/h8-9H,3-7,10-11,17H2,1-2H3. The van der Waals surface area contributed by atoms with Gasteiger partial charge in [0.25, 0.3) is 0 Å². The molecule has 1 aliphatic carbocycles. The van der Waals surface area contributed by atoms with Crippen molar-refractivity contribution in [3.63, 3.8) is 0 Å². The summed E-state index contributed by atoms with van der Waals surface area (Å²) >= 11 is 0. The predicted molar refractivity (Wildman–Crippen MR) is 78.1 cm³/mol. The summed E-state index contributed by atoms with van der Waals surface area (Å²) in [4.78, 5) is 2.55. The van der Waals surface area contributed by atoms with Crippen molar-refractivity contribution >= 4 is 11.4 Å². The normalized spacial score (nSPS) is 22.0. The first-order chi connectivity index (χ1) is 8.60. The molecular weight excluding hydrogens is 220 g/mol. The van der Waals surface area contributed by atoms with Gasteiger partial charge >= 0.3 is 0 Å². The van der Waals surface area contributed by atoms with Crippen LogP contribution in [0.4, 0.5) is 11.4 Å². The van der Waals surface area contributed by atoms with Crippen molar-refractivity contribution in [3.05, 3.63) is 23.3 Å². The third-order valence-electron chi connectivity index (χ3n) is 4.89. The largest absolute Gasteiger partial charge is 0.399 e. The highest BCUT2D eigenvalue weighted by Gasteiger charge is 2.43. The SMILES string of the molecule is Cc1cc(N2CC3(CCCCC3)C2)c(C)cc1N. The van der Waals surface area contributed by atoms with E-state index in [4.69, 9.17) is 5.73 Å². The zero-order chi connectivity index (χ0) is 12.8. The Morgan fingerprint density at radius 2 is 1.67 bits per heavy atom. The van der Waals surface area contributed by atoms with Crippen molar-refractivity contribution in [3.8, 4) is 0 Å². The van der Waals surface area contributed by atoms with E-state index in [1.165, 1.54) is 62.0 Å². The fraction of sp³-hybridized carbons (Fsp3) is 0.625. The molecule has 0 unspecified atom stereocenters. The van der Waals surface area contributed by atoms with Crippen LogP contribution >= 0.6 is 0 Å². The second-order valence-electron chi connectivity index (χ2n) is 6.41. The lowest BCUT2D eigenvalue weighted by Gasteiger charge is -2.54. The van der Waals surface area contributed by atoms with Gasteiger partial charge in [0, 0.05) is 29.9 Å². The van der Waals surface area contributed by atoms with E-state index in [9.17, 15) is 0 Å². The van der Waals surface area contributed by atoms with Crippen molar-refractivity contribution in [2.45, 2.75) is 46.0 Å². The van der Waals surface area contributed by atoms with Crippen molar-refractivity contribution in [2.24, 2.45) is 5.41 Å². The highest BCUT2D eigenvalue weighted by atomic mass is 15.2. The Morgan fingerprint density at radius 1 is 1.00 bits per heavy atom. The minimum absolute atomic E-state index is 0.653. The Kier molecular flexibility index (Phi) is 2.76. The molecule has 2 fully saturated rings. The van der Waals surface area contributed by atoms with E-state index >= 15 is 0 Å². The van der Waals surface area contributed by atoms with Gasteiger partial charge in [-0.25, -0.2) is 0 Å². The topological polar surface area (TPSA) is 29.3 Å². The second-order valence-corrected chi connectivity index (χ2v) is 6.41. The van der Waals surface area contributed by atoms with E-state index in [2.05, 4.69) is 30.9 Å². The first-order valence-electron chi connectivity index (χ1n) is 7.21. The van der Waals surface area contributed by atoms with Gasteiger partial charge in [-0.2, -0.15) is 0 Å². The van der Waals surface area contributed by atoms with Crippen LogP contribution in [-0.2, 0) is 0 Å². The number of nitrogens with two attached hydrogens (primary N) is 1. The number of rotatable bonds is 1. The van der Waals surface area contributed by atoms with Crippen molar-refractivity contribution in [1.29, 1.82) is 0 Å². The molecule has 1 heterocycles. The second kappa shape index (κ2) is 4.18. The fourth-order valence-electron chi connectivity index (χ4n) is 3.72. The Morgan fingerprint density at radius 3 is 2.33 bits per heavy atom. The molecule has 18 heavy (non-hydrogen) atoms. The third kappa shape index (κ3) is 1.88. The average molecular weight is 244 g/mol. The summed E-state index contributed by atoms with van der Waals surface area (Å²) in [7, 11) is 0. The molecule has 1 aromatic carbocycles. The molecule has 0 aromatic heterocycles. The number of hydrogen-bond acceptors (Lipinski definition) is 2. The molecule has 1 aromatic rings. The summed E-state index contributed by atoms with van der Waals surface area (Å²) < 4.78 is 0. The van der Waals surface area contributed by atoms with Crippen LogP contribution in [0.2, 0.25) is 0 Å². The minimum atomic E-state index is 0.653. The van der Waals surface area contributed by atoms with Gasteiger partial charge in [-0.3, -0.25) is 0 Å². The van der Waals surface area contributed by atoms with Crippen LogP contribution < -0.4 is 10.6 Å². The van der Waals surface area contributed by atoms with E-state index in [-0.39, 0.29) is 0 Å². The highest BCUT2D eigenvalue weighted by Crippen LogP contribution is 2.46. The quantitative estimate of drug-likeness (QED) is 0.764. The molecule has 2 nitrogen and oxygen atoms in total. The molecule has 1 aliphatic heterocycles. The molecule has 1 spiro atoms. The summed E-state index contributed by atoms with van der Waals surface area (Å²) in [5.41, 5.74) is 11.5. The van der Waals surface area contributed by atoms with Gasteiger partial charge in [0.1, 0.15) is 0 Å². The summed E-state index contributed by atoms with van der Waals surface area (Å²) in [5.74, 6) is 0. The monoisotopic (exact) mass is 244 g/mol. The molecule has 0 atom stereocenters. The lowest BCUT2D eigenvalue weighted by Crippen LogP contribution is -2.57. The third-order valence-corrected chi connectivity index (χ3v) is 4.89. The van der Waals surface area contributed by atoms with Crippen LogP contribution in [0.15, 0.2) is 12.1 Å². The van der Waals surface area contributed by atoms with Gasteiger partial charge in [-0.1, -0.05) is 19.3 Å². The lowest BCUT2D eigenvalue weighted by molar-refractivity contribution is 0.139. The summed E-state index contributed by atoms with van der Waals surface area (Å²) in [6.07, 6.45) is 7.20. The minimum Gasteiger partial charge on any atom is -0.399 e. The van der Waals surface area contributed by atoms with Crippen LogP contribution in [0, 0.1) is 19.3 Å². The summed E-state index contributed by atoms with van der Waals surface area (Å²) in [5, 5.41) is 0. The number of aryl methyl sites for hydroxylation is 2. The number of nitrogens with zero attached hydrogens (tertiary/aromatic N) is 1. The maximum Gasteiger partial charge on any atom is 0.0400 e. The van der Waals surface area contributed by atoms with E-state index < -0.39 is 0 Å². The van der Waals surface area contributed by atoms with Gasteiger partial charge < -0.3 is 10.6 Å². The average Bonchev–Trinajstić information content (AvgIpc) is 2.32. The Labute approximate surface area is 110 Å². The van der Waals surface area contributed by atoms with Crippen molar-refractivity contribution < 1.29 is 0 Å². The number of nitrogen functional groups attached to an aromatic ring is 1. The molecule has 1 saturated carbocycles.